The summed E-state index contributed by atoms with van der Waals surface area (Å²) in [5.74, 6) is 0.468. The molecule has 0 spiro atoms. The largest absolute Gasteiger partial charge is 0.324 e. The van der Waals surface area contributed by atoms with Crippen molar-refractivity contribution in [3.63, 3.8) is 0 Å². The van der Waals surface area contributed by atoms with Gasteiger partial charge in [-0.3, -0.25) is 10.00 Å². The van der Waals surface area contributed by atoms with E-state index in [1.54, 1.807) is 41.2 Å². The van der Waals surface area contributed by atoms with Gasteiger partial charge in [0, 0.05) is 28.0 Å². The smallest absolute Gasteiger partial charge is 0.308 e. The monoisotopic (exact) mass is 360 g/mol. The Morgan fingerprint density at radius 2 is 1.54 bits per heavy atom. The molecule has 2 amide bonds. The third-order valence-electron chi connectivity index (χ3n) is 3.24. The van der Waals surface area contributed by atoms with E-state index >= 15 is 0 Å². The maximum atomic E-state index is 12.0. The van der Waals surface area contributed by atoms with E-state index in [2.05, 4.69) is 15.7 Å². The highest BCUT2D eigenvalue weighted by Gasteiger charge is 2.06. The molecule has 3 aromatic rings. The number of hydrogen-bond acceptors (Lipinski definition) is 2. The minimum Gasteiger partial charge on any atom is -0.308 e. The zero-order valence-corrected chi connectivity index (χ0v) is 14.1. The maximum absolute atomic E-state index is 12.0. The Hall–Kier alpha value is -2.50. The van der Waals surface area contributed by atoms with Gasteiger partial charge in [-0.25, -0.2) is 4.79 Å². The number of aromatic nitrogens is 2. The first-order valence-corrected chi connectivity index (χ1v) is 7.95. The molecule has 5 nitrogen and oxygen atoms in total. The van der Waals surface area contributed by atoms with Crippen LogP contribution in [0.4, 0.5) is 16.3 Å². The number of anilines is 2. The Bertz CT molecular complexity index is 829. The molecule has 3 rings (SSSR count). The topological polar surface area (TPSA) is 59.0 Å². The van der Waals surface area contributed by atoms with Gasteiger partial charge < -0.3 is 5.32 Å². The first-order valence-electron chi connectivity index (χ1n) is 7.20. The van der Waals surface area contributed by atoms with Crippen molar-refractivity contribution >= 4 is 40.7 Å². The standard InChI is InChI=1S/C17H14Cl2N4O/c18-13-3-1-12(2-4-13)11-23-10-9-16(22-23)21-17(24)20-15-7-5-14(19)6-8-15/h1-10H,11H2,(H2,20,21,22,24). The molecule has 24 heavy (non-hydrogen) atoms. The van der Waals surface area contributed by atoms with E-state index in [1.165, 1.54) is 0 Å². The summed E-state index contributed by atoms with van der Waals surface area (Å²) in [6.45, 7) is 0.595. The highest BCUT2D eigenvalue weighted by Crippen LogP contribution is 2.14. The molecule has 7 heteroatoms. The number of amides is 2. The van der Waals surface area contributed by atoms with Gasteiger partial charge in [0.25, 0.3) is 0 Å². The molecular weight excluding hydrogens is 347 g/mol. The molecule has 0 fully saturated rings. The van der Waals surface area contributed by atoms with Crippen molar-refractivity contribution in [3.8, 4) is 0 Å². The molecule has 2 N–H and O–H groups in total. The fraction of sp³-hybridized carbons (Fsp3) is 0.0588. The van der Waals surface area contributed by atoms with Crippen molar-refractivity contribution in [2.24, 2.45) is 0 Å². The summed E-state index contributed by atoms with van der Waals surface area (Å²) in [6.07, 6.45) is 1.80. The summed E-state index contributed by atoms with van der Waals surface area (Å²) in [7, 11) is 0. The lowest BCUT2D eigenvalue weighted by Crippen LogP contribution is -2.19. The molecule has 0 saturated carbocycles. The Balaban J connectivity index is 1.58. The van der Waals surface area contributed by atoms with Gasteiger partial charge in [0.15, 0.2) is 5.82 Å². The van der Waals surface area contributed by atoms with Gasteiger partial charge in [0.2, 0.25) is 0 Å². The van der Waals surface area contributed by atoms with Crippen LogP contribution in [0.1, 0.15) is 5.56 Å². The number of urea groups is 1. The number of benzene rings is 2. The van der Waals surface area contributed by atoms with E-state index in [0.717, 1.165) is 5.56 Å². The molecule has 0 aliphatic carbocycles. The second-order valence-corrected chi connectivity index (χ2v) is 5.98. The van der Waals surface area contributed by atoms with Gasteiger partial charge in [0.05, 0.1) is 6.54 Å². The first kappa shape index (κ1) is 16.4. The molecule has 0 aliphatic rings. The summed E-state index contributed by atoms with van der Waals surface area (Å²) in [5.41, 5.74) is 1.72. The van der Waals surface area contributed by atoms with Crippen molar-refractivity contribution in [1.82, 2.24) is 9.78 Å². The lowest BCUT2D eigenvalue weighted by Gasteiger charge is -2.06. The molecule has 0 unspecified atom stereocenters. The minimum absolute atomic E-state index is 0.367. The summed E-state index contributed by atoms with van der Waals surface area (Å²) < 4.78 is 1.74. The number of carbonyl (C=O) groups excluding carboxylic acids is 1. The van der Waals surface area contributed by atoms with Crippen LogP contribution in [0.3, 0.4) is 0 Å². The zero-order valence-electron chi connectivity index (χ0n) is 12.5. The number of hydrogen-bond donors (Lipinski definition) is 2. The van der Waals surface area contributed by atoms with E-state index in [0.29, 0.717) is 28.1 Å². The fourth-order valence-electron chi connectivity index (χ4n) is 2.11. The summed E-state index contributed by atoms with van der Waals surface area (Å²) in [6, 6.07) is 15.8. The number of nitrogens with one attached hydrogen (secondary N) is 2. The van der Waals surface area contributed by atoms with Gasteiger partial charge in [0.1, 0.15) is 0 Å². The number of rotatable bonds is 4. The third-order valence-corrected chi connectivity index (χ3v) is 3.75. The van der Waals surface area contributed by atoms with Gasteiger partial charge in [-0.15, -0.1) is 0 Å². The highest BCUT2D eigenvalue weighted by atomic mass is 35.5. The van der Waals surface area contributed by atoms with E-state index in [9.17, 15) is 4.79 Å². The molecular formula is C17H14Cl2N4O. The van der Waals surface area contributed by atoms with Crippen LogP contribution >= 0.6 is 23.2 Å². The van der Waals surface area contributed by atoms with Crippen LogP contribution < -0.4 is 10.6 Å². The van der Waals surface area contributed by atoms with Crippen LogP contribution in [-0.4, -0.2) is 15.8 Å². The zero-order chi connectivity index (χ0) is 16.9. The van der Waals surface area contributed by atoms with E-state index < -0.39 is 0 Å². The highest BCUT2D eigenvalue weighted by molar-refractivity contribution is 6.30. The van der Waals surface area contributed by atoms with Crippen LogP contribution in [-0.2, 0) is 6.54 Å². The second kappa shape index (κ2) is 7.38. The second-order valence-electron chi connectivity index (χ2n) is 5.11. The first-order chi connectivity index (χ1) is 11.6. The van der Waals surface area contributed by atoms with Crippen LogP contribution in [0.5, 0.6) is 0 Å². The van der Waals surface area contributed by atoms with Gasteiger partial charge in [-0.2, -0.15) is 5.10 Å². The van der Waals surface area contributed by atoms with Crippen molar-refractivity contribution < 1.29 is 4.79 Å². The van der Waals surface area contributed by atoms with Crippen molar-refractivity contribution in [2.75, 3.05) is 10.6 Å². The lowest BCUT2D eigenvalue weighted by atomic mass is 10.2. The summed E-state index contributed by atoms with van der Waals surface area (Å²) in [5, 5.41) is 11.0. The molecule has 122 valence electrons. The number of carbonyl (C=O) groups is 1. The molecule has 0 saturated heterocycles. The van der Waals surface area contributed by atoms with Gasteiger partial charge in [-0.05, 0) is 42.0 Å². The molecule has 1 heterocycles. The maximum Gasteiger partial charge on any atom is 0.324 e. The van der Waals surface area contributed by atoms with Gasteiger partial charge in [-0.1, -0.05) is 35.3 Å². The summed E-state index contributed by atoms with van der Waals surface area (Å²) >= 11 is 11.7. The van der Waals surface area contributed by atoms with Crippen LogP contribution in [0, 0.1) is 0 Å². The molecule has 2 aromatic carbocycles. The number of halogens is 2. The molecule has 0 bridgehead atoms. The lowest BCUT2D eigenvalue weighted by molar-refractivity contribution is 0.262. The van der Waals surface area contributed by atoms with E-state index in [-0.39, 0.29) is 6.03 Å². The average molecular weight is 361 g/mol. The van der Waals surface area contributed by atoms with Crippen LogP contribution in [0.25, 0.3) is 0 Å². The molecule has 1 aromatic heterocycles. The molecule has 0 atom stereocenters. The number of nitrogens with zero attached hydrogens (tertiary/aromatic N) is 2. The van der Waals surface area contributed by atoms with Crippen molar-refractivity contribution in [2.45, 2.75) is 6.54 Å². The third kappa shape index (κ3) is 4.50. The average Bonchev–Trinajstić information content (AvgIpc) is 2.99. The van der Waals surface area contributed by atoms with Crippen LogP contribution in [0.15, 0.2) is 60.8 Å². The van der Waals surface area contributed by atoms with Crippen molar-refractivity contribution in [1.29, 1.82) is 0 Å². The SMILES string of the molecule is O=C(Nc1ccc(Cl)cc1)Nc1ccn(Cc2ccc(Cl)cc2)n1. The molecule has 0 aliphatic heterocycles. The van der Waals surface area contributed by atoms with E-state index in [4.69, 9.17) is 23.2 Å². The normalized spacial score (nSPS) is 10.4. The predicted octanol–water partition coefficient (Wildman–Crippen LogP) is 4.88. The Morgan fingerprint density at radius 3 is 2.21 bits per heavy atom. The summed E-state index contributed by atoms with van der Waals surface area (Å²) in [4.78, 5) is 12.0. The fourth-order valence-corrected chi connectivity index (χ4v) is 2.36. The predicted molar refractivity (Wildman–Crippen MR) is 96.9 cm³/mol. The quantitative estimate of drug-likeness (QED) is 0.696. The Morgan fingerprint density at radius 1 is 0.917 bits per heavy atom. The Kier molecular flexibility index (Phi) is 5.03. The van der Waals surface area contributed by atoms with Crippen LogP contribution in [0.2, 0.25) is 10.0 Å². The van der Waals surface area contributed by atoms with Crippen molar-refractivity contribution in [3.05, 3.63) is 76.4 Å². The molecule has 0 radical (unpaired) electrons. The van der Waals surface area contributed by atoms with E-state index in [1.807, 2.05) is 24.3 Å². The minimum atomic E-state index is -0.367. The van der Waals surface area contributed by atoms with Gasteiger partial charge >= 0.3 is 6.03 Å². The Labute approximate surface area is 149 Å².